The molecule has 0 aliphatic heterocycles. The summed E-state index contributed by atoms with van der Waals surface area (Å²) in [6.45, 7) is 11.7. The molecule has 2 N–H and O–H groups in total. The summed E-state index contributed by atoms with van der Waals surface area (Å²) in [7, 11) is 0. The largest absolute Gasteiger partial charge is 0.456 e. The third-order valence-electron chi connectivity index (χ3n) is 5.29. The Labute approximate surface area is 189 Å². The molecule has 0 radical (unpaired) electrons. The summed E-state index contributed by atoms with van der Waals surface area (Å²) in [5, 5.41) is 0. The topological polar surface area (TPSA) is 84.2 Å². The summed E-state index contributed by atoms with van der Waals surface area (Å²) >= 11 is 0. The number of ether oxygens (including phenoxy) is 2. The van der Waals surface area contributed by atoms with Gasteiger partial charge < -0.3 is 19.4 Å². The number of hydrogen-bond acceptors (Lipinski definition) is 4. The zero-order chi connectivity index (χ0) is 23.5. The van der Waals surface area contributed by atoms with Crippen molar-refractivity contribution >= 4 is 11.9 Å². The van der Waals surface area contributed by atoms with Gasteiger partial charge in [0.25, 0.3) is 0 Å². The van der Waals surface area contributed by atoms with Crippen molar-refractivity contribution in [1.29, 1.82) is 0 Å². The van der Waals surface area contributed by atoms with Gasteiger partial charge in [-0.25, -0.2) is 9.59 Å². The van der Waals surface area contributed by atoms with Gasteiger partial charge in [-0.3, -0.25) is 0 Å². The summed E-state index contributed by atoms with van der Waals surface area (Å²) in [6.07, 6.45) is 1.26. The smallest absolute Gasteiger partial charge is 0.355 e. The Bertz CT molecular complexity index is 1100. The van der Waals surface area contributed by atoms with E-state index < -0.39 is 5.60 Å². The predicted octanol–water partition coefficient (Wildman–Crippen LogP) is 5.43. The van der Waals surface area contributed by atoms with Crippen molar-refractivity contribution in [3.63, 3.8) is 0 Å². The molecule has 3 rings (SSSR count). The summed E-state index contributed by atoms with van der Waals surface area (Å²) in [5.74, 6) is -0.735. The van der Waals surface area contributed by atoms with Gasteiger partial charge >= 0.3 is 11.9 Å². The summed E-state index contributed by atoms with van der Waals surface area (Å²) in [6, 6.07) is 11.5. The second-order valence-electron chi connectivity index (χ2n) is 9.03. The molecule has 0 amide bonds. The molecular weight excluding hydrogens is 404 g/mol. The van der Waals surface area contributed by atoms with Crippen molar-refractivity contribution in [3.8, 4) is 0 Å². The number of aryl methyl sites for hydroxylation is 1. The third kappa shape index (κ3) is 5.49. The number of carbonyl (C=O) groups is 2. The fourth-order valence-electron chi connectivity index (χ4n) is 3.73. The first-order valence-corrected chi connectivity index (χ1v) is 10.9. The van der Waals surface area contributed by atoms with Gasteiger partial charge in [-0.1, -0.05) is 37.3 Å². The summed E-state index contributed by atoms with van der Waals surface area (Å²) in [5.41, 5.74) is 5.94. The molecule has 0 saturated carbocycles. The highest BCUT2D eigenvalue weighted by atomic mass is 16.6. The number of aromatic nitrogens is 2. The van der Waals surface area contributed by atoms with Crippen molar-refractivity contribution in [1.82, 2.24) is 9.97 Å². The second-order valence-corrected chi connectivity index (χ2v) is 9.03. The lowest BCUT2D eigenvalue weighted by Crippen LogP contribution is -2.24. The molecule has 6 nitrogen and oxygen atoms in total. The van der Waals surface area contributed by atoms with Crippen LogP contribution in [0.4, 0.5) is 0 Å². The number of H-pyrrole nitrogens is 2. The Morgan fingerprint density at radius 3 is 2.28 bits per heavy atom. The lowest BCUT2D eigenvalue weighted by Gasteiger charge is -2.19. The van der Waals surface area contributed by atoms with Crippen molar-refractivity contribution < 1.29 is 19.1 Å². The van der Waals surface area contributed by atoms with E-state index in [0.717, 1.165) is 40.1 Å². The monoisotopic (exact) mass is 436 g/mol. The predicted molar refractivity (Wildman–Crippen MR) is 124 cm³/mol. The number of aromatic amines is 2. The number of hydrogen-bond donors (Lipinski definition) is 2. The number of benzene rings is 1. The zero-order valence-electron chi connectivity index (χ0n) is 19.7. The number of rotatable bonds is 7. The maximum atomic E-state index is 12.7. The van der Waals surface area contributed by atoms with Crippen LogP contribution in [-0.2, 0) is 28.9 Å². The third-order valence-corrected chi connectivity index (χ3v) is 5.29. The highest BCUT2D eigenvalue weighted by Gasteiger charge is 2.24. The number of carbonyl (C=O) groups excluding carboxylic acids is 2. The minimum atomic E-state index is -0.563. The molecule has 0 aliphatic carbocycles. The summed E-state index contributed by atoms with van der Waals surface area (Å²) < 4.78 is 11.0. The lowest BCUT2D eigenvalue weighted by atomic mass is 10.1. The van der Waals surface area contributed by atoms with E-state index >= 15 is 0 Å². The number of esters is 2. The van der Waals surface area contributed by atoms with Crippen molar-refractivity contribution in [3.05, 3.63) is 81.4 Å². The molecule has 32 heavy (non-hydrogen) atoms. The highest BCUT2D eigenvalue weighted by Crippen LogP contribution is 2.24. The van der Waals surface area contributed by atoms with Gasteiger partial charge in [0.15, 0.2) is 0 Å². The zero-order valence-corrected chi connectivity index (χ0v) is 19.7. The molecule has 2 aromatic heterocycles. The number of nitrogens with one attached hydrogen (secondary N) is 2. The van der Waals surface area contributed by atoms with Crippen molar-refractivity contribution in [2.75, 3.05) is 0 Å². The lowest BCUT2D eigenvalue weighted by molar-refractivity contribution is 0.00619. The molecule has 0 aliphatic rings. The van der Waals surface area contributed by atoms with E-state index in [2.05, 4.69) is 9.97 Å². The fourth-order valence-corrected chi connectivity index (χ4v) is 3.73. The Morgan fingerprint density at radius 2 is 1.66 bits per heavy atom. The van der Waals surface area contributed by atoms with Crippen LogP contribution in [0.15, 0.2) is 36.4 Å². The molecule has 0 spiro atoms. The normalized spacial score (nSPS) is 11.4. The summed E-state index contributed by atoms with van der Waals surface area (Å²) in [4.78, 5) is 31.7. The Balaban J connectivity index is 1.76. The van der Waals surface area contributed by atoms with Crippen LogP contribution in [0.2, 0.25) is 0 Å². The van der Waals surface area contributed by atoms with Crippen LogP contribution in [0.25, 0.3) is 0 Å². The van der Waals surface area contributed by atoms with Crippen LogP contribution in [0, 0.1) is 13.8 Å². The average Bonchev–Trinajstić information content (AvgIpc) is 3.25. The quantitative estimate of drug-likeness (QED) is 0.484. The van der Waals surface area contributed by atoms with Gasteiger partial charge in [0.1, 0.15) is 23.6 Å². The SMILES string of the molecule is CCc1c(C(=O)OC(C)(C)C)[nH]c(Cc2cc(C)c(C(=O)OCc3ccccc3)[nH]2)c1C. The molecule has 0 fully saturated rings. The van der Waals surface area contributed by atoms with E-state index in [0.29, 0.717) is 17.8 Å². The van der Waals surface area contributed by atoms with Gasteiger partial charge in [0, 0.05) is 17.8 Å². The standard InChI is InChI=1S/C26H32N2O4/c1-7-20-17(3)21(28-23(20)25(30)32-26(4,5)6)14-19-13-16(2)22(27-19)24(29)31-15-18-11-9-8-10-12-18/h8-13,27-28H,7,14-15H2,1-6H3. The first kappa shape index (κ1) is 23.4. The van der Waals surface area contributed by atoms with Crippen LogP contribution in [0.5, 0.6) is 0 Å². The maximum absolute atomic E-state index is 12.7. The van der Waals surface area contributed by atoms with Gasteiger partial charge in [0.2, 0.25) is 0 Å². The Hall–Kier alpha value is -3.28. The maximum Gasteiger partial charge on any atom is 0.355 e. The van der Waals surface area contributed by atoms with E-state index in [1.807, 2.05) is 77.9 Å². The molecule has 0 bridgehead atoms. The molecule has 170 valence electrons. The van der Waals surface area contributed by atoms with E-state index in [1.165, 1.54) is 0 Å². The van der Waals surface area contributed by atoms with Gasteiger partial charge in [0.05, 0.1) is 0 Å². The van der Waals surface area contributed by atoms with Crippen molar-refractivity contribution in [2.45, 2.75) is 66.6 Å². The van der Waals surface area contributed by atoms with E-state index in [-0.39, 0.29) is 18.5 Å². The first-order chi connectivity index (χ1) is 15.1. The van der Waals surface area contributed by atoms with E-state index in [1.54, 1.807) is 0 Å². The molecule has 2 heterocycles. The minimum absolute atomic E-state index is 0.225. The van der Waals surface area contributed by atoms with Crippen LogP contribution in [0.3, 0.4) is 0 Å². The molecule has 0 unspecified atom stereocenters. The van der Waals surface area contributed by atoms with Crippen LogP contribution >= 0.6 is 0 Å². The van der Waals surface area contributed by atoms with Crippen LogP contribution in [-0.4, -0.2) is 27.5 Å². The molecular formula is C26H32N2O4. The molecule has 3 aromatic rings. The molecule has 0 atom stereocenters. The van der Waals surface area contributed by atoms with Crippen LogP contribution < -0.4 is 0 Å². The molecule has 0 saturated heterocycles. The van der Waals surface area contributed by atoms with E-state index in [9.17, 15) is 9.59 Å². The molecule has 1 aromatic carbocycles. The fraction of sp³-hybridized carbons (Fsp3) is 0.385. The Kier molecular flexibility index (Phi) is 6.92. The Morgan fingerprint density at radius 1 is 0.969 bits per heavy atom. The molecule has 6 heteroatoms. The second kappa shape index (κ2) is 9.47. The van der Waals surface area contributed by atoms with Gasteiger partial charge in [-0.2, -0.15) is 0 Å². The van der Waals surface area contributed by atoms with Gasteiger partial charge in [-0.15, -0.1) is 0 Å². The first-order valence-electron chi connectivity index (χ1n) is 10.9. The minimum Gasteiger partial charge on any atom is -0.456 e. The van der Waals surface area contributed by atoms with E-state index in [4.69, 9.17) is 9.47 Å². The average molecular weight is 437 g/mol. The van der Waals surface area contributed by atoms with Crippen LogP contribution in [0.1, 0.15) is 82.3 Å². The van der Waals surface area contributed by atoms with Gasteiger partial charge in [-0.05, 0) is 69.4 Å². The highest BCUT2D eigenvalue weighted by molar-refractivity contribution is 5.90. The van der Waals surface area contributed by atoms with Crippen molar-refractivity contribution in [2.24, 2.45) is 0 Å².